The van der Waals surface area contributed by atoms with Crippen molar-refractivity contribution in [1.29, 1.82) is 0 Å². The van der Waals surface area contributed by atoms with Gasteiger partial charge in [-0.25, -0.2) is 4.39 Å². The Kier molecular flexibility index (Phi) is 3.90. The number of halogens is 2. The van der Waals surface area contributed by atoms with Gasteiger partial charge in [0.05, 0.1) is 0 Å². The van der Waals surface area contributed by atoms with E-state index in [1.807, 2.05) is 0 Å². The van der Waals surface area contributed by atoms with Gasteiger partial charge in [-0.3, -0.25) is 0 Å². The standard InChI is InChI=1S/C17H17BrFN/c18-14-6-7-16(19)15(10-14)17(20)9-11-4-5-12-2-1-3-13(12)8-11/h4-8,10,17H,1-3,9,20H2. The molecule has 1 nitrogen and oxygen atoms in total. The molecule has 0 fully saturated rings. The van der Waals surface area contributed by atoms with E-state index in [0.29, 0.717) is 12.0 Å². The van der Waals surface area contributed by atoms with E-state index in [4.69, 9.17) is 5.73 Å². The van der Waals surface area contributed by atoms with Gasteiger partial charge in [0, 0.05) is 16.1 Å². The van der Waals surface area contributed by atoms with Crippen LogP contribution in [-0.2, 0) is 19.3 Å². The Hall–Kier alpha value is -1.19. The highest BCUT2D eigenvalue weighted by Gasteiger charge is 2.15. The van der Waals surface area contributed by atoms with Crippen LogP contribution in [-0.4, -0.2) is 0 Å². The maximum Gasteiger partial charge on any atom is 0.128 e. The number of nitrogens with two attached hydrogens (primary N) is 1. The topological polar surface area (TPSA) is 26.0 Å². The molecule has 0 amide bonds. The number of benzene rings is 2. The fraction of sp³-hybridized carbons (Fsp3) is 0.294. The monoisotopic (exact) mass is 333 g/mol. The predicted octanol–water partition coefficient (Wildman–Crippen LogP) is 4.32. The minimum absolute atomic E-state index is 0.234. The maximum absolute atomic E-state index is 13.8. The summed E-state index contributed by atoms with van der Waals surface area (Å²) in [6, 6.07) is 11.2. The third-order valence-corrected chi connectivity index (χ3v) is 4.47. The second-order valence-electron chi connectivity index (χ2n) is 5.43. The van der Waals surface area contributed by atoms with E-state index >= 15 is 0 Å². The molecular weight excluding hydrogens is 317 g/mol. The summed E-state index contributed by atoms with van der Waals surface area (Å²) in [6.07, 6.45) is 4.25. The van der Waals surface area contributed by atoms with Gasteiger partial charge in [0.15, 0.2) is 0 Å². The number of hydrogen-bond acceptors (Lipinski definition) is 1. The van der Waals surface area contributed by atoms with Crippen LogP contribution in [0.15, 0.2) is 40.9 Å². The molecule has 2 aromatic rings. The summed E-state index contributed by atoms with van der Waals surface area (Å²) < 4.78 is 14.7. The first-order valence-corrected chi connectivity index (χ1v) is 7.74. The molecule has 1 atom stereocenters. The highest BCUT2D eigenvalue weighted by Crippen LogP contribution is 2.26. The number of hydrogen-bond donors (Lipinski definition) is 1. The molecule has 104 valence electrons. The third-order valence-electron chi connectivity index (χ3n) is 3.98. The van der Waals surface area contributed by atoms with Gasteiger partial charge in [-0.2, -0.15) is 0 Å². The molecule has 0 heterocycles. The van der Waals surface area contributed by atoms with Crippen LogP contribution in [0, 0.1) is 5.82 Å². The lowest BCUT2D eigenvalue weighted by molar-refractivity contribution is 0.580. The zero-order valence-corrected chi connectivity index (χ0v) is 12.8. The van der Waals surface area contributed by atoms with E-state index in [9.17, 15) is 4.39 Å². The van der Waals surface area contributed by atoms with E-state index in [-0.39, 0.29) is 11.9 Å². The van der Waals surface area contributed by atoms with Crippen LogP contribution in [0.3, 0.4) is 0 Å². The van der Waals surface area contributed by atoms with Gasteiger partial charge in [0.2, 0.25) is 0 Å². The number of aryl methyl sites for hydroxylation is 2. The molecule has 0 saturated carbocycles. The van der Waals surface area contributed by atoms with E-state index in [0.717, 1.165) is 10.9 Å². The second kappa shape index (κ2) is 5.66. The smallest absolute Gasteiger partial charge is 0.128 e. The Balaban J connectivity index is 1.82. The first-order chi connectivity index (χ1) is 9.63. The molecule has 0 bridgehead atoms. The van der Waals surface area contributed by atoms with E-state index < -0.39 is 0 Å². The average Bonchev–Trinajstić information content (AvgIpc) is 2.89. The molecule has 2 aromatic carbocycles. The number of fused-ring (bicyclic) bond motifs is 1. The quantitative estimate of drug-likeness (QED) is 0.889. The summed E-state index contributed by atoms with van der Waals surface area (Å²) in [5, 5.41) is 0. The van der Waals surface area contributed by atoms with Gasteiger partial charge in [-0.1, -0.05) is 34.1 Å². The molecule has 2 N–H and O–H groups in total. The summed E-state index contributed by atoms with van der Waals surface area (Å²) in [4.78, 5) is 0. The van der Waals surface area contributed by atoms with Gasteiger partial charge in [-0.15, -0.1) is 0 Å². The van der Waals surface area contributed by atoms with Crippen molar-refractivity contribution in [2.24, 2.45) is 5.73 Å². The SMILES string of the molecule is NC(Cc1ccc2c(c1)CCC2)c1cc(Br)ccc1F. The van der Waals surface area contributed by atoms with Crippen LogP contribution in [0.25, 0.3) is 0 Å². The lowest BCUT2D eigenvalue weighted by Crippen LogP contribution is -2.15. The summed E-state index contributed by atoms with van der Waals surface area (Å²) in [6.45, 7) is 0. The Morgan fingerprint density at radius 1 is 1.10 bits per heavy atom. The van der Waals surface area contributed by atoms with Crippen molar-refractivity contribution in [3.05, 3.63) is 68.9 Å². The zero-order valence-electron chi connectivity index (χ0n) is 11.2. The van der Waals surface area contributed by atoms with Crippen molar-refractivity contribution in [3.8, 4) is 0 Å². The third kappa shape index (κ3) is 2.79. The second-order valence-corrected chi connectivity index (χ2v) is 6.35. The van der Waals surface area contributed by atoms with Crippen LogP contribution < -0.4 is 5.73 Å². The van der Waals surface area contributed by atoms with Crippen LogP contribution in [0.1, 0.15) is 34.7 Å². The molecule has 0 aliphatic heterocycles. The normalized spacial score (nSPS) is 15.2. The summed E-state index contributed by atoms with van der Waals surface area (Å²) >= 11 is 3.37. The molecule has 0 saturated heterocycles. The van der Waals surface area contributed by atoms with Crippen LogP contribution in [0.2, 0.25) is 0 Å². The molecule has 3 rings (SSSR count). The summed E-state index contributed by atoms with van der Waals surface area (Å²) in [7, 11) is 0. The minimum Gasteiger partial charge on any atom is -0.324 e. The molecule has 3 heteroatoms. The molecule has 0 radical (unpaired) electrons. The Morgan fingerprint density at radius 3 is 2.75 bits per heavy atom. The van der Waals surface area contributed by atoms with E-state index in [1.54, 1.807) is 12.1 Å². The average molecular weight is 334 g/mol. The largest absolute Gasteiger partial charge is 0.324 e. The van der Waals surface area contributed by atoms with E-state index in [2.05, 4.69) is 34.1 Å². The van der Waals surface area contributed by atoms with Crippen molar-refractivity contribution >= 4 is 15.9 Å². The first-order valence-electron chi connectivity index (χ1n) is 6.94. The van der Waals surface area contributed by atoms with Crippen molar-refractivity contribution in [1.82, 2.24) is 0 Å². The van der Waals surface area contributed by atoms with Crippen LogP contribution in [0.4, 0.5) is 4.39 Å². The fourth-order valence-corrected chi connectivity index (χ4v) is 3.29. The molecule has 0 aromatic heterocycles. The van der Waals surface area contributed by atoms with Gasteiger partial charge in [0.25, 0.3) is 0 Å². The zero-order chi connectivity index (χ0) is 14.1. The highest BCUT2D eigenvalue weighted by molar-refractivity contribution is 9.10. The van der Waals surface area contributed by atoms with Crippen LogP contribution in [0.5, 0.6) is 0 Å². The number of rotatable bonds is 3. The van der Waals surface area contributed by atoms with Gasteiger partial charge >= 0.3 is 0 Å². The van der Waals surface area contributed by atoms with Gasteiger partial charge < -0.3 is 5.73 Å². The molecule has 1 unspecified atom stereocenters. The first kappa shape index (κ1) is 13.8. The van der Waals surface area contributed by atoms with E-state index in [1.165, 1.54) is 35.6 Å². The molecule has 20 heavy (non-hydrogen) atoms. The van der Waals surface area contributed by atoms with Gasteiger partial charge in [-0.05, 0) is 60.6 Å². The summed E-state index contributed by atoms with van der Waals surface area (Å²) in [5.74, 6) is -0.234. The summed E-state index contributed by atoms with van der Waals surface area (Å²) in [5.41, 5.74) is 10.8. The Morgan fingerprint density at radius 2 is 1.90 bits per heavy atom. The highest BCUT2D eigenvalue weighted by atomic mass is 79.9. The Labute approximate surface area is 127 Å². The maximum atomic E-state index is 13.8. The van der Waals surface area contributed by atoms with Crippen molar-refractivity contribution < 1.29 is 4.39 Å². The molecule has 1 aliphatic carbocycles. The Bertz CT molecular complexity index is 639. The van der Waals surface area contributed by atoms with Crippen molar-refractivity contribution in [3.63, 3.8) is 0 Å². The van der Waals surface area contributed by atoms with Gasteiger partial charge in [0.1, 0.15) is 5.82 Å². The molecular formula is C17H17BrFN. The minimum atomic E-state index is -0.313. The van der Waals surface area contributed by atoms with Crippen molar-refractivity contribution in [2.45, 2.75) is 31.7 Å². The molecule has 1 aliphatic rings. The van der Waals surface area contributed by atoms with Crippen molar-refractivity contribution in [2.75, 3.05) is 0 Å². The fourth-order valence-electron chi connectivity index (χ4n) is 2.91. The lowest BCUT2D eigenvalue weighted by Gasteiger charge is -2.14. The lowest BCUT2D eigenvalue weighted by atomic mass is 9.97. The molecule has 0 spiro atoms. The predicted molar refractivity (Wildman–Crippen MR) is 83.2 cm³/mol. The van der Waals surface area contributed by atoms with Crippen LogP contribution >= 0.6 is 15.9 Å².